The van der Waals surface area contributed by atoms with Crippen molar-refractivity contribution < 1.29 is 39.3 Å². The van der Waals surface area contributed by atoms with Crippen LogP contribution in [-0.2, 0) is 30.4 Å². The number of aliphatic hydroxyl groups is 1. The Morgan fingerprint density at radius 1 is 1.00 bits per heavy atom. The van der Waals surface area contributed by atoms with Crippen LogP contribution in [0.15, 0.2) is 30.3 Å². The molecule has 0 bridgehead atoms. The monoisotopic (exact) mass is 452 g/mol. The van der Waals surface area contributed by atoms with Crippen LogP contribution in [0.2, 0.25) is 0 Å². The van der Waals surface area contributed by atoms with E-state index in [9.17, 15) is 29.1 Å². The van der Waals surface area contributed by atoms with Crippen molar-refractivity contribution in [1.82, 2.24) is 16.0 Å². The van der Waals surface area contributed by atoms with Gasteiger partial charge in [0.25, 0.3) is 0 Å². The van der Waals surface area contributed by atoms with E-state index in [2.05, 4.69) is 10.6 Å². The van der Waals surface area contributed by atoms with Gasteiger partial charge in [0.1, 0.15) is 6.04 Å². The molecule has 176 valence electrons. The molecule has 1 aromatic rings. The normalized spacial score (nSPS) is 14.3. The fourth-order valence-electron chi connectivity index (χ4n) is 2.68. The van der Waals surface area contributed by atoms with Crippen molar-refractivity contribution in [3.8, 4) is 0 Å². The summed E-state index contributed by atoms with van der Waals surface area (Å²) >= 11 is 0. The predicted octanol–water partition coefficient (Wildman–Crippen LogP) is -2.03. The fourth-order valence-corrected chi connectivity index (χ4v) is 2.68. The molecular formula is C20H28N4O8. The van der Waals surface area contributed by atoms with Gasteiger partial charge in [-0.2, -0.15) is 0 Å². The SMILES string of the molecule is CC(O)C(NC(=O)CNC(=O)C(CCC(=O)O)NC(=O)C(N)Cc1ccccc1)C(=O)O. The lowest BCUT2D eigenvalue weighted by molar-refractivity contribution is -0.144. The summed E-state index contributed by atoms with van der Waals surface area (Å²) in [4.78, 5) is 58.6. The van der Waals surface area contributed by atoms with Gasteiger partial charge in [-0.25, -0.2) is 4.79 Å². The second kappa shape index (κ2) is 13.0. The molecule has 0 saturated heterocycles. The summed E-state index contributed by atoms with van der Waals surface area (Å²) in [5, 5.41) is 33.9. The van der Waals surface area contributed by atoms with Gasteiger partial charge >= 0.3 is 11.9 Å². The molecule has 1 rings (SSSR count). The first-order valence-electron chi connectivity index (χ1n) is 9.80. The maximum Gasteiger partial charge on any atom is 0.328 e. The zero-order valence-electron chi connectivity index (χ0n) is 17.5. The minimum Gasteiger partial charge on any atom is -0.481 e. The standard InChI is InChI=1S/C20H28N4O8/c1-11(25)17(20(31)32)24-15(26)10-22-19(30)14(7-8-16(27)28)23-18(29)13(21)9-12-5-3-2-4-6-12/h2-6,11,13-14,17,25H,7-10,21H2,1H3,(H,22,30)(H,23,29)(H,24,26)(H,27,28)(H,31,32). The Labute approximate surface area is 184 Å². The van der Waals surface area contributed by atoms with E-state index >= 15 is 0 Å². The first-order valence-corrected chi connectivity index (χ1v) is 9.80. The van der Waals surface area contributed by atoms with Gasteiger partial charge in [0.15, 0.2) is 6.04 Å². The minimum absolute atomic E-state index is 0.193. The third-order valence-electron chi connectivity index (χ3n) is 4.40. The van der Waals surface area contributed by atoms with E-state index in [0.29, 0.717) is 0 Å². The second-order valence-corrected chi connectivity index (χ2v) is 7.13. The number of aliphatic hydroxyl groups excluding tert-OH is 1. The van der Waals surface area contributed by atoms with Crippen LogP contribution in [0.1, 0.15) is 25.3 Å². The van der Waals surface area contributed by atoms with E-state index in [1.54, 1.807) is 30.3 Å². The van der Waals surface area contributed by atoms with Crippen LogP contribution in [0, 0.1) is 0 Å². The highest BCUT2D eigenvalue weighted by Gasteiger charge is 2.27. The van der Waals surface area contributed by atoms with Gasteiger partial charge in [-0.3, -0.25) is 19.2 Å². The van der Waals surface area contributed by atoms with E-state index < -0.39 is 66.9 Å². The van der Waals surface area contributed by atoms with Crippen molar-refractivity contribution in [2.75, 3.05) is 6.54 Å². The summed E-state index contributed by atoms with van der Waals surface area (Å²) in [5.41, 5.74) is 6.68. The van der Waals surface area contributed by atoms with E-state index in [1.807, 2.05) is 5.32 Å². The Balaban J connectivity index is 2.70. The number of hydrogen-bond acceptors (Lipinski definition) is 7. The molecular weight excluding hydrogens is 424 g/mol. The molecule has 0 spiro atoms. The van der Waals surface area contributed by atoms with Crippen LogP contribution in [-0.4, -0.2) is 75.8 Å². The van der Waals surface area contributed by atoms with Crippen molar-refractivity contribution in [2.24, 2.45) is 5.73 Å². The molecule has 4 atom stereocenters. The lowest BCUT2D eigenvalue weighted by atomic mass is 10.0. The van der Waals surface area contributed by atoms with Gasteiger partial charge in [0, 0.05) is 6.42 Å². The summed E-state index contributed by atoms with van der Waals surface area (Å²) in [7, 11) is 0. The zero-order chi connectivity index (χ0) is 24.3. The van der Waals surface area contributed by atoms with Crippen LogP contribution in [0.25, 0.3) is 0 Å². The van der Waals surface area contributed by atoms with E-state index in [1.165, 1.54) is 6.92 Å². The Bertz CT molecular complexity index is 815. The highest BCUT2D eigenvalue weighted by molar-refractivity contribution is 5.93. The molecule has 0 saturated carbocycles. The van der Waals surface area contributed by atoms with Crippen LogP contribution in [0.5, 0.6) is 0 Å². The Morgan fingerprint density at radius 3 is 2.16 bits per heavy atom. The van der Waals surface area contributed by atoms with Gasteiger partial charge in [-0.05, 0) is 25.3 Å². The molecule has 0 aromatic heterocycles. The van der Waals surface area contributed by atoms with Crippen molar-refractivity contribution >= 4 is 29.7 Å². The number of benzene rings is 1. The fraction of sp³-hybridized carbons (Fsp3) is 0.450. The molecule has 0 aliphatic carbocycles. The molecule has 3 amide bonds. The molecule has 1 aromatic carbocycles. The maximum atomic E-state index is 12.4. The van der Waals surface area contributed by atoms with E-state index in [0.717, 1.165) is 5.56 Å². The lowest BCUT2D eigenvalue weighted by Gasteiger charge is -2.21. The summed E-state index contributed by atoms with van der Waals surface area (Å²) < 4.78 is 0. The van der Waals surface area contributed by atoms with Crippen molar-refractivity contribution in [3.63, 3.8) is 0 Å². The highest BCUT2D eigenvalue weighted by atomic mass is 16.4. The number of hydrogen-bond donors (Lipinski definition) is 7. The van der Waals surface area contributed by atoms with Gasteiger partial charge in [0.2, 0.25) is 17.7 Å². The predicted molar refractivity (Wildman–Crippen MR) is 111 cm³/mol. The number of aliphatic carboxylic acids is 2. The number of rotatable bonds is 13. The van der Waals surface area contributed by atoms with Crippen LogP contribution < -0.4 is 21.7 Å². The number of carbonyl (C=O) groups excluding carboxylic acids is 3. The van der Waals surface area contributed by atoms with Crippen molar-refractivity contribution in [2.45, 2.75) is 50.4 Å². The van der Waals surface area contributed by atoms with Gasteiger partial charge in [-0.15, -0.1) is 0 Å². The van der Waals surface area contributed by atoms with Gasteiger partial charge in [-0.1, -0.05) is 30.3 Å². The summed E-state index contributed by atoms with van der Waals surface area (Å²) in [6.45, 7) is 0.526. The third-order valence-corrected chi connectivity index (χ3v) is 4.40. The van der Waals surface area contributed by atoms with Crippen LogP contribution >= 0.6 is 0 Å². The second-order valence-electron chi connectivity index (χ2n) is 7.13. The zero-order valence-corrected chi connectivity index (χ0v) is 17.5. The van der Waals surface area contributed by atoms with E-state index in [4.69, 9.17) is 15.9 Å². The van der Waals surface area contributed by atoms with Crippen LogP contribution in [0.4, 0.5) is 0 Å². The molecule has 12 nitrogen and oxygen atoms in total. The smallest absolute Gasteiger partial charge is 0.328 e. The molecule has 12 heteroatoms. The average Bonchev–Trinajstić information content (AvgIpc) is 2.73. The number of carbonyl (C=O) groups is 5. The highest BCUT2D eigenvalue weighted by Crippen LogP contribution is 2.04. The van der Waals surface area contributed by atoms with Gasteiger partial charge < -0.3 is 37.0 Å². The number of nitrogens with one attached hydrogen (secondary N) is 3. The Morgan fingerprint density at radius 2 is 1.62 bits per heavy atom. The Kier molecular flexibility index (Phi) is 10.8. The number of carboxylic acid groups (broad SMARTS) is 2. The summed E-state index contributed by atoms with van der Waals surface area (Å²) in [6.07, 6.45) is -1.86. The van der Waals surface area contributed by atoms with Gasteiger partial charge in [0.05, 0.1) is 18.7 Å². The van der Waals surface area contributed by atoms with Crippen molar-refractivity contribution in [3.05, 3.63) is 35.9 Å². The molecule has 8 N–H and O–H groups in total. The maximum absolute atomic E-state index is 12.4. The minimum atomic E-state index is -1.57. The first-order chi connectivity index (χ1) is 15.0. The third kappa shape index (κ3) is 9.53. The van der Waals surface area contributed by atoms with Crippen molar-refractivity contribution in [1.29, 1.82) is 0 Å². The summed E-state index contributed by atoms with van der Waals surface area (Å²) in [5.74, 6) is -5.06. The first kappa shape index (κ1) is 26.5. The molecule has 0 heterocycles. The summed E-state index contributed by atoms with van der Waals surface area (Å²) in [6, 6.07) is 5.07. The molecule has 0 aliphatic heterocycles. The number of amides is 3. The van der Waals surface area contributed by atoms with E-state index in [-0.39, 0.29) is 12.8 Å². The molecule has 0 radical (unpaired) electrons. The topological polar surface area (TPSA) is 208 Å². The molecule has 32 heavy (non-hydrogen) atoms. The quantitative estimate of drug-likeness (QED) is 0.176. The molecule has 0 aliphatic rings. The number of carboxylic acids is 2. The largest absolute Gasteiger partial charge is 0.481 e. The lowest BCUT2D eigenvalue weighted by Crippen LogP contribution is -2.54. The Hall–Kier alpha value is -3.51. The van der Waals surface area contributed by atoms with Crippen LogP contribution in [0.3, 0.4) is 0 Å². The molecule has 0 fully saturated rings. The number of nitrogens with two attached hydrogens (primary N) is 1. The average molecular weight is 452 g/mol. The molecule has 4 unspecified atom stereocenters.